The SMILES string of the molecule is COc1cccc(C(CCO)NC(=O)c2cccc(-c3ccc4[nH]ncc4c3)c2)c1. The molecule has 4 rings (SSSR count). The molecule has 152 valence electrons. The number of carbonyl (C=O) groups is 1. The third-order valence-electron chi connectivity index (χ3n) is 5.12. The number of nitrogens with zero attached hydrogens (tertiary/aromatic N) is 1. The molecule has 1 amide bonds. The van der Waals surface area contributed by atoms with Gasteiger partial charge in [0.2, 0.25) is 0 Å². The van der Waals surface area contributed by atoms with Gasteiger partial charge in [-0.15, -0.1) is 0 Å². The molecular formula is C24H23N3O3. The third-order valence-corrected chi connectivity index (χ3v) is 5.12. The summed E-state index contributed by atoms with van der Waals surface area (Å²) in [6.45, 7) is -0.0348. The average Bonchev–Trinajstić information content (AvgIpc) is 3.27. The number of rotatable bonds is 7. The molecule has 30 heavy (non-hydrogen) atoms. The maximum atomic E-state index is 13.0. The first-order valence-electron chi connectivity index (χ1n) is 9.77. The van der Waals surface area contributed by atoms with Crippen LogP contribution in [-0.4, -0.2) is 34.9 Å². The molecule has 1 aromatic heterocycles. The van der Waals surface area contributed by atoms with Gasteiger partial charge in [-0.1, -0.05) is 30.3 Å². The molecule has 3 N–H and O–H groups in total. The number of methoxy groups -OCH3 is 1. The van der Waals surface area contributed by atoms with Crippen molar-refractivity contribution in [2.75, 3.05) is 13.7 Å². The fraction of sp³-hybridized carbons (Fsp3) is 0.167. The van der Waals surface area contributed by atoms with Crippen LogP contribution in [0.5, 0.6) is 5.75 Å². The van der Waals surface area contributed by atoms with Crippen molar-refractivity contribution in [2.24, 2.45) is 0 Å². The Morgan fingerprint density at radius 3 is 2.77 bits per heavy atom. The van der Waals surface area contributed by atoms with Gasteiger partial charge in [0.15, 0.2) is 0 Å². The van der Waals surface area contributed by atoms with Crippen LogP contribution in [0.4, 0.5) is 0 Å². The van der Waals surface area contributed by atoms with E-state index >= 15 is 0 Å². The van der Waals surface area contributed by atoms with E-state index in [1.54, 1.807) is 19.4 Å². The molecule has 1 unspecified atom stereocenters. The van der Waals surface area contributed by atoms with E-state index in [0.29, 0.717) is 17.7 Å². The van der Waals surface area contributed by atoms with Crippen molar-refractivity contribution in [3.8, 4) is 16.9 Å². The molecule has 4 aromatic rings. The van der Waals surface area contributed by atoms with Crippen LogP contribution in [-0.2, 0) is 0 Å². The zero-order chi connectivity index (χ0) is 20.9. The Morgan fingerprint density at radius 2 is 1.93 bits per heavy atom. The largest absolute Gasteiger partial charge is 0.497 e. The summed E-state index contributed by atoms with van der Waals surface area (Å²) in [5.74, 6) is 0.517. The minimum atomic E-state index is -0.316. The number of hydrogen-bond donors (Lipinski definition) is 3. The number of nitrogens with one attached hydrogen (secondary N) is 2. The highest BCUT2D eigenvalue weighted by atomic mass is 16.5. The van der Waals surface area contributed by atoms with Gasteiger partial charge in [0, 0.05) is 17.6 Å². The minimum Gasteiger partial charge on any atom is -0.497 e. The number of H-pyrrole nitrogens is 1. The number of aromatic amines is 1. The number of hydrogen-bond acceptors (Lipinski definition) is 4. The van der Waals surface area contributed by atoms with Gasteiger partial charge < -0.3 is 15.2 Å². The number of aliphatic hydroxyl groups excluding tert-OH is 1. The fourth-order valence-corrected chi connectivity index (χ4v) is 3.51. The molecule has 0 bridgehead atoms. The molecule has 1 heterocycles. The molecule has 1 atom stereocenters. The summed E-state index contributed by atoms with van der Waals surface area (Å²) >= 11 is 0. The van der Waals surface area contributed by atoms with E-state index in [9.17, 15) is 9.90 Å². The lowest BCUT2D eigenvalue weighted by Crippen LogP contribution is -2.29. The number of carbonyl (C=O) groups excluding carboxylic acids is 1. The van der Waals surface area contributed by atoms with Crippen molar-refractivity contribution in [2.45, 2.75) is 12.5 Å². The van der Waals surface area contributed by atoms with E-state index in [-0.39, 0.29) is 18.6 Å². The normalized spacial score (nSPS) is 11.9. The summed E-state index contributed by atoms with van der Waals surface area (Å²) in [5.41, 5.74) is 4.38. The van der Waals surface area contributed by atoms with Crippen LogP contribution in [0.25, 0.3) is 22.0 Å². The van der Waals surface area contributed by atoms with Gasteiger partial charge in [0.05, 0.1) is 24.9 Å². The van der Waals surface area contributed by atoms with Gasteiger partial charge in [-0.25, -0.2) is 0 Å². The Kier molecular flexibility index (Phi) is 5.77. The molecule has 0 saturated heterocycles. The molecule has 6 heteroatoms. The summed E-state index contributed by atoms with van der Waals surface area (Å²) in [6.07, 6.45) is 2.19. The van der Waals surface area contributed by atoms with Gasteiger partial charge in [-0.3, -0.25) is 9.89 Å². The molecular weight excluding hydrogens is 378 g/mol. The predicted octanol–water partition coefficient (Wildman–Crippen LogP) is 4.09. The molecule has 0 fully saturated rings. The van der Waals surface area contributed by atoms with E-state index < -0.39 is 0 Å². The van der Waals surface area contributed by atoms with Gasteiger partial charge >= 0.3 is 0 Å². The number of aliphatic hydroxyl groups is 1. The van der Waals surface area contributed by atoms with E-state index in [4.69, 9.17) is 4.74 Å². The number of aromatic nitrogens is 2. The summed E-state index contributed by atoms with van der Waals surface area (Å²) in [6, 6.07) is 20.7. The van der Waals surface area contributed by atoms with Crippen LogP contribution in [0.3, 0.4) is 0 Å². The lowest BCUT2D eigenvalue weighted by molar-refractivity contribution is 0.0930. The number of fused-ring (bicyclic) bond motifs is 1. The minimum absolute atomic E-state index is 0.0348. The first-order valence-corrected chi connectivity index (χ1v) is 9.77. The number of ether oxygens (including phenoxy) is 1. The molecule has 3 aromatic carbocycles. The standard InChI is InChI=1S/C24H23N3O3/c1-30-21-7-3-5-18(14-21)22(10-11-28)26-24(29)19-6-2-4-16(12-19)17-8-9-23-20(13-17)15-25-27-23/h2-9,12-15,22,28H,10-11H2,1H3,(H,25,27)(H,26,29). The third kappa shape index (κ3) is 4.18. The molecule has 0 saturated carbocycles. The molecule has 0 aliphatic heterocycles. The highest BCUT2D eigenvalue weighted by molar-refractivity contribution is 5.96. The second-order valence-electron chi connectivity index (χ2n) is 7.07. The van der Waals surface area contributed by atoms with Gasteiger partial charge in [-0.2, -0.15) is 5.10 Å². The summed E-state index contributed by atoms with van der Waals surface area (Å²) in [5, 5.41) is 20.5. The summed E-state index contributed by atoms with van der Waals surface area (Å²) in [4.78, 5) is 13.0. The Bertz CT molecular complexity index is 1170. The predicted molar refractivity (Wildman–Crippen MR) is 116 cm³/mol. The van der Waals surface area contributed by atoms with Crippen molar-refractivity contribution in [3.05, 3.63) is 84.1 Å². The second kappa shape index (κ2) is 8.80. The maximum Gasteiger partial charge on any atom is 0.251 e. The molecule has 0 aliphatic rings. The smallest absolute Gasteiger partial charge is 0.251 e. The lowest BCUT2D eigenvalue weighted by atomic mass is 10.0. The van der Waals surface area contributed by atoms with Crippen LogP contribution < -0.4 is 10.1 Å². The zero-order valence-electron chi connectivity index (χ0n) is 16.6. The Labute approximate surface area is 174 Å². The highest BCUT2D eigenvalue weighted by Gasteiger charge is 2.16. The van der Waals surface area contributed by atoms with E-state index in [1.807, 2.05) is 60.7 Å². The monoisotopic (exact) mass is 401 g/mol. The first-order chi connectivity index (χ1) is 14.7. The Morgan fingerprint density at radius 1 is 1.10 bits per heavy atom. The quantitative estimate of drug-likeness (QED) is 0.435. The van der Waals surface area contributed by atoms with Crippen molar-refractivity contribution in [1.82, 2.24) is 15.5 Å². The zero-order valence-corrected chi connectivity index (χ0v) is 16.6. The topological polar surface area (TPSA) is 87.2 Å². The number of benzene rings is 3. The fourth-order valence-electron chi connectivity index (χ4n) is 3.51. The van der Waals surface area contributed by atoms with Crippen LogP contribution in [0.1, 0.15) is 28.4 Å². The van der Waals surface area contributed by atoms with Crippen LogP contribution in [0, 0.1) is 0 Å². The molecule has 0 spiro atoms. The molecule has 0 aliphatic carbocycles. The van der Waals surface area contributed by atoms with E-state index in [2.05, 4.69) is 15.5 Å². The van der Waals surface area contributed by atoms with Gasteiger partial charge in [-0.05, 0) is 59.5 Å². The van der Waals surface area contributed by atoms with Crippen LogP contribution in [0.15, 0.2) is 72.9 Å². The summed E-state index contributed by atoms with van der Waals surface area (Å²) < 4.78 is 5.28. The Hall–Kier alpha value is -3.64. The summed E-state index contributed by atoms with van der Waals surface area (Å²) in [7, 11) is 1.60. The van der Waals surface area contributed by atoms with Gasteiger partial charge in [0.25, 0.3) is 5.91 Å². The van der Waals surface area contributed by atoms with Crippen LogP contribution in [0.2, 0.25) is 0 Å². The average molecular weight is 401 g/mol. The van der Waals surface area contributed by atoms with E-state index in [1.165, 1.54) is 0 Å². The first kappa shape index (κ1) is 19.7. The number of amides is 1. The van der Waals surface area contributed by atoms with Crippen LogP contribution >= 0.6 is 0 Å². The van der Waals surface area contributed by atoms with Crippen molar-refractivity contribution in [1.29, 1.82) is 0 Å². The molecule has 0 radical (unpaired) electrons. The van der Waals surface area contributed by atoms with Crippen molar-refractivity contribution in [3.63, 3.8) is 0 Å². The van der Waals surface area contributed by atoms with Crippen molar-refractivity contribution >= 4 is 16.8 Å². The van der Waals surface area contributed by atoms with Crippen molar-refractivity contribution < 1.29 is 14.6 Å². The maximum absolute atomic E-state index is 13.0. The van der Waals surface area contributed by atoms with Gasteiger partial charge in [0.1, 0.15) is 5.75 Å². The second-order valence-corrected chi connectivity index (χ2v) is 7.07. The lowest BCUT2D eigenvalue weighted by Gasteiger charge is -2.19. The Balaban J connectivity index is 1.58. The van der Waals surface area contributed by atoms with E-state index in [0.717, 1.165) is 27.6 Å². The highest BCUT2D eigenvalue weighted by Crippen LogP contribution is 2.25. The molecule has 6 nitrogen and oxygen atoms in total.